The second-order valence-corrected chi connectivity index (χ2v) is 8.57. The normalized spacial score (nSPS) is 15.5. The lowest BCUT2D eigenvalue weighted by Gasteiger charge is -2.22. The van der Waals surface area contributed by atoms with Gasteiger partial charge in [-0.1, -0.05) is 11.8 Å². The summed E-state index contributed by atoms with van der Waals surface area (Å²) in [4.78, 5) is 18.4. The van der Waals surface area contributed by atoms with E-state index in [1.807, 2.05) is 29.8 Å². The highest BCUT2D eigenvalue weighted by Crippen LogP contribution is 2.33. The highest BCUT2D eigenvalue weighted by atomic mass is 32.1. The molecule has 0 radical (unpaired) electrons. The van der Waals surface area contributed by atoms with Crippen LogP contribution in [0.3, 0.4) is 0 Å². The first kappa shape index (κ1) is 19.5. The predicted molar refractivity (Wildman–Crippen MR) is 124 cm³/mol. The van der Waals surface area contributed by atoms with Crippen LogP contribution in [0.25, 0.3) is 11.0 Å². The van der Waals surface area contributed by atoms with Gasteiger partial charge in [-0.3, -0.25) is 0 Å². The quantitative estimate of drug-likeness (QED) is 0.424. The second-order valence-electron chi connectivity index (χ2n) is 7.67. The molecule has 3 N–H and O–H groups in total. The number of aromatic amines is 1. The fourth-order valence-corrected chi connectivity index (χ4v) is 4.41. The summed E-state index contributed by atoms with van der Waals surface area (Å²) in [7, 11) is 0. The summed E-state index contributed by atoms with van der Waals surface area (Å²) in [5.41, 5.74) is 2.36. The fourth-order valence-electron chi connectivity index (χ4n) is 3.76. The molecule has 4 aromatic rings. The van der Waals surface area contributed by atoms with Gasteiger partial charge < -0.3 is 20.3 Å². The zero-order valence-corrected chi connectivity index (χ0v) is 17.9. The number of hydrogen-bond donors (Lipinski definition) is 3. The first-order valence-corrected chi connectivity index (χ1v) is 11.1. The van der Waals surface area contributed by atoms with E-state index in [0.29, 0.717) is 5.01 Å². The monoisotopic (exact) mass is 430 g/mol. The molecular weight excluding hydrogens is 408 g/mol. The van der Waals surface area contributed by atoms with Gasteiger partial charge >= 0.3 is 0 Å². The van der Waals surface area contributed by atoms with Gasteiger partial charge in [0.1, 0.15) is 22.8 Å². The number of thiazole rings is 1. The Bertz CT molecular complexity index is 1260. The van der Waals surface area contributed by atoms with Crippen LogP contribution in [0.5, 0.6) is 0 Å². The molecule has 5 rings (SSSR count). The van der Waals surface area contributed by atoms with Gasteiger partial charge in [-0.25, -0.2) is 15.0 Å². The number of nitrogens with one attached hydrogen (secondary N) is 2. The Morgan fingerprint density at radius 3 is 2.87 bits per heavy atom. The molecule has 0 aliphatic carbocycles. The summed E-state index contributed by atoms with van der Waals surface area (Å²) in [5, 5.41) is 17.5. The molecule has 1 saturated heterocycles. The number of rotatable bonds is 4. The Morgan fingerprint density at radius 2 is 2.06 bits per heavy atom. The number of H-pyrrole nitrogens is 1. The summed E-state index contributed by atoms with van der Waals surface area (Å²) in [6.07, 6.45) is 7.45. The highest BCUT2D eigenvalue weighted by molar-refractivity contribution is 7.09. The van der Waals surface area contributed by atoms with Crippen LogP contribution in [0.1, 0.15) is 30.3 Å². The van der Waals surface area contributed by atoms with Gasteiger partial charge in [0.05, 0.1) is 16.8 Å². The van der Waals surface area contributed by atoms with Crippen molar-refractivity contribution in [2.75, 3.05) is 23.3 Å². The van der Waals surface area contributed by atoms with Gasteiger partial charge in [0, 0.05) is 36.4 Å². The molecule has 7 nitrogen and oxygen atoms in total. The molecule has 31 heavy (non-hydrogen) atoms. The van der Waals surface area contributed by atoms with E-state index in [0.717, 1.165) is 46.9 Å². The van der Waals surface area contributed by atoms with Gasteiger partial charge in [-0.2, -0.15) is 0 Å². The van der Waals surface area contributed by atoms with Crippen LogP contribution in [0.2, 0.25) is 0 Å². The van der Waals surface area contributed by atoms with Crippen molar-refractivity contribution in [3.8, 4) is 11.8 Å². The minimum atomic E-state index is -1.29. The third kappa shape index (κ3) is 3.98. The lowest BCUT2D eigenvalue weighted by molar-refractivity contribution is 0.122. The molecule has 156 valence electrons. The van der Waals surface area contributed by atoms with Crippen LogP contribution >= 0.6 is 11.3 Å². The van der Waals surface area contributed by atoms with Crippen LogP contribution in [0.4, 0.5) is 17.2 Å². The molecule has 0 saturated carbocycles. The number of hydrogen-bond acceptors (Lipinski definition) is 7. The topological polar surface area (TPSA) is 90.0 Å². The fraction of sp³-hybridized carbons (Fsp3) is 0.261. The van der Waals surface area contributed by atoms with Crippen molar-refractivity contribution in [1.82, 2.24) is 19.9 Å². The summed E-state index contributed by atoms with van der Waals surface area (Å²) >= 11 is 1.39. The molecule has 1 aromatic carbocycles. The van der Waals surface area contributed by atoms with E-state index in [2.05, 4.69) is 48.1 Å². The van der Waals surface area contributed by atoms with Crippen LogP contribution < -0.4 is 10.2 Å². The molecule has 1 fully saturated rings. The molecule has 8 heteroatoms. The van der Waals surface area contributed by atoms with Crippen LogP contribution in [-0.2, 0) is 5.60 Å². The van der Waals surface area contributed by atoms with Gasteiger partial charge in [0.2, 0.25) is 0 Å². The maximum atomic E-state index is 10.7. The average Bonchev–Trinajstić information content (AvgIpc) is 3.55. The number of fused-ring (bicyclic) bond motifs is 1. The highest BCUT2D eigenvalue weighted by Gasteiger charge is 2.23. The number of benzene rings is 1. The third-order valence-corrected chi connectivity index (χ3v) is 6.33. The van der Waals surface area contributed by atoms with Crippen molar-refractivity contribution in [1.29, 1.82) is 0 Å². The summed E-state index contributed by atoms with van der Waals surface area (Å²) in [6.45, 7) is 3.73. The van der Waals surface area contributed by atoms with Gasteiger partial charge in [0.25, 0.3) is 0 Å². The molecule has 1 aliphatic heterocycles. The van der Waals surface area contributed by atoms with Crippen LogP contribution in [0.15, 0.2) is 48.4 Å². The molecule has 1 unspecified atom stereocenters. The van der Waals surface area contributed by atoms with Crippen LogP contribution in [-0.4, -0.2) is 38.1 Å². The Hall–Kier alpha value is -3.41. The molecule has 0 bridgehead atoms. The van der Waals surface area contributed by atoms with Crippen molar-refractivity contribution < 1.29 is 5.11 Å². The number of aliphatic hydroxyl groups is 1. The average molecular weight is 431 g/mol. The van der Waals surface area contributed by atoms with Crippen LogP contribution in [0, 0.1) is 11.8 Å². The van der Waals surface area contributed by atoms with E-state index in [1.54, 1.807) is 19.4 Å². The van der Waals surface area contributed by atoms with E-state index in [1.165, 1.54) is 24.2 Å². The van der Waals surface area contributed by atoms with E-state index in [-0.39, 0.29) is 0 Å². The summed E-state index contributed by atoms with van der Waals surface area (Å²) < 4.78 is 0. The van der Waals surface area contributed by atoms with Crippen molar-refractivity contribution in [3.63, 3.8) is 0 Å². The molecular formula is C23H22N6OS. The molecule has 0 spiro atoms. The Labute approximate surface area is 184 Å². The first-order chi connectivity index (χ1) is 15.1. The van der Waals surface area contributed by atoms with Gasteiger partial charge in [-0.05, 0) is 44.0 Å². The van der Waals surface area contributed by atoms with Gasteiger partial charge in [-0.15, -0.1) is 11.3 Å². The maximum absolute atomic E-state index is 10.7. The van der Waals surface area contributed by atoms with Crippen molar-refractivity contribution in [2.45, 2.75) is 25.4 Å². The third-order valence-electron chi connectivity index (χ3n) is 5.35. The van der Waals surface area contributed by atoms with E-state index in [4.69, 9.17) is 0 Å². The molecule has 0 amide bonds. The zero-order valence-electron chi connectivity index (χ0n) is 17.1. The Morgan fingerprint density at radius 1 is 1.19 bits per heavy atom. The lowest BCUT2D eigenvalue weighted by atomic mass is 10.1. The van der Waals surface area contributed by atoms with Crippen molar-refractivity contribution in [2.24, 2.45) is 0 Å². The molecule has 4 heterocycles. The standard InChI is InChI=1S/C23H22N6OS/c1-23(30,22-25-10-13-31-22)8-6-16-4-5-19(29-11-2-3-12-29)18(14-16)28-21-17-7-9-24-20(17)26-15-27-21/h4-5,7,9-10,13-15,30H,2-3,11-12H2,1H3,(H2,24,26,27,28). The first-order valence-electron chi connectivity index (χ1n) is 10.2. The van der Waals surface area contributed by atoms with Crippen molar-refractivity contribution in [3.05, 3.63) is 58.9 Å². The second kappa shape index (κ2) is 8.02. The Kier molecular flexibility index (Phi) is 5.06. The lowest BCUT2D eigenvalue weighted by Crippen LogP contribution is -2.19. The molecule has 3 aromatic heterocycles. The SMILES string of the molecule is CC(O)(C#Cc1ccc(N2CCCC2)c(Nc2ncnc3[nH]ccc23)c1)c1nccs1. The summed E-state index contributed by atoms with van der Waals surface area (Å²) in [6, 6.07) is 8.06. The van der Waals surface area contributed by atoms with Gasteiger partial charge in [0.15, 0.2) is 5.60 Å². The largest absolute Gasteiger partial charge is 0.371 e. The van der Waals surface area contributed by atoms with Crippen molar-refractivity contribution >= 4 is 39.6 Å². The number of anilines is 3. The predicted octanol–water partition coefficient (Wildman–Crippen LogP) is 4.02. The zero-order chi connectivity index (χ0) is 21.3. The maximum Gasteiger partial charge on any atom is 0.174 e. The Balaban J connectivity index is 1.52. The smallest absolute Gasteiger partial charge is 0.174 e. The van der Waals surface area contributed by atoms with E-state index in [9.17, 15) is 5.11 Å². The summed E-state index contributed by atoms with van der Waals surface area (Å²) in [5.74, 6) is 6.83. The number of aromatic nitrogens is 4. The van der Waals surface area contributed by atoms with E-state index < -0.39 is 5.60 Å². The minimum Gasteiger partial charge on any atom is -0.371 e. The van der Waals surface area contributed by atoms with E-state index >= 15 is 0 Å². The minimum absolute atomic E-state index is 0.586. The molecule has 1 aliphatic rings. The number of nitrogens with zero attached hydrogens (tertiary/aromatic N) is 4. The molecule has 1 atom stereocenters.